The first-order chi connectivity index (χ1) is 12.2. The lowest BCUT2D eigenvalue weighted by Gasteiger charge is -2.33. The SMILES string of the molecule is CN=C(NCCC1CCN(C)CC1)NC1CCN(c2cccs2)CC1. The fourth-order valence-corrected chi connectivity index (χ4v) is 4.61. The Balaban J connectivity index is 1.34. The summed E-state index contributed by atoms with van der Waals surface area (Å²) in [5, 5.41) is 10.7. The van der Waals surface area contributed by atoms with Crippen molar-refractivity contribution in [3.8, 4) is 0 Å². The van der Waals surface area contributed by atoms with Gasteiger partial charge in [-0.2, -0.15) is 0 Å². The number of thiophene rings is 1. The summed E-state index contributed by atoms with van der Waals surface area (Å²) in [4.78, 5) is 9.36. The highest BCUT2D eigenvalue weighted by molar-refractivity contribution is 7.14. The monoisotopic (exact) mass is 363 g/mol. The van der Waals surface area contributed by atoms with Gasteiger partial charge in [-0.3, -0.25) is 4.99 Å². The van der Waals surface area contributed by atoms with E-state index in [1.165, 1.54) is 50.2 Å². The Hall–Kier alpha value is -1.27. The smallest absolute Gasteiger partial charge is 0.191 e. The van der Waals surface area contributed by atoms with Crippen LogP contribution in [0.25, 0.3) is 0 Å². The normalized spacial score (nSPS) is 21.5. The van der Waals surface area contributed by atoms with Gasteiger partial charge in [0.25, 0.3) is 0 Å². The van der Waals surface area contributed by atoms with E-state index in [9.17, 15) is 0 Å². The molecule has 6 heteroatoms. The Morgan fingerprint density at radius 2 is 1.96 bits per heavy atom. The first-order valence-electron chi connectivity index (χ1n) is 9.69. The van der Waals surface area contributed by atoms with Crippen LogP contribution in [-0.2, 0) is 0 Å². The minimum absolute atomic E-state index is 0.533. The van der Waals surface area contributed by atoms with Crippen LogP contribution in [0.3, 0.4) is 0 Å². The fourth-order valence-electron chi connectivity index (χ4n) is 3.83. The van der Waals surface area contributed by atoms with Crippen LogP contribution in [0, 0.1) is 5.92 Å². The first kappa shape index (κ1) is 18.5. The molecule has 3 heterocycles. The molecule has 2 aliphatic rings. The van der Waals surface area contributed by atoms with E-state index in [1.807, 2.05) is 18.4 Å². The summed E-state index contributed by atoms with van der Waals surface area (Å²) in [7, 11) is 4.11. The predicted molar refractivity (Wildman–Crippen MR) is 109 cm³/mol. The van der Waals surface area contributed by atoms with Gasteiger partial charge in [0.15, 0.2) is 5.96 Å². The van der Waals surface area contributed by atoms with Crippen LogP contribution >= 0.6 is 11.3 Å². The van der Waals surface area contributed by atoms with Gasteiger partial charge in [-0.1, -0.05) is 0 Å². The molecule has 0 atom stereocenters. The molecular formula is C19H33N5S. The van der Waals surface area contributed by atoms with Crippen molar-refractivity contribution in [2.45, 2.75) is 38.1 Å². The largest absolute Gasteiger partial charge is 0.363 e. The highest BCUT2D eigenvalue weighted by Gasteiger charge is 2.21. The van der Waals surface area contributed by atoms with Gasteiger partial charge >= 0.3 is 0 Å². The fraction of sp³-hybridized carbons (Fsp3) is 0.737. The summed E-state index contributed by atoms with van der Waals surface area (Å²) in [6, 6.07) is 4.90. The lowest BCUT2D eigenvalue weighted by molar-refractivity contribution is 0.213. The van der Waals surface area contributed by atoms with Gasteiger partial charge in [0.05, 0.1) is 5.00 Å². The van der Waals surface area contributed by atoms with E-state index in [0.717, 1.165) is 31.5 Å². The lowest BCUT2D eigenvalue weighted by Crippen LogP contribution is -2.49. The zero-order valence-electron chi connectivity index (χ0n) is 15.7. The second kappa shape index (κ2) is 9.43. The molecule has 5 nitrogen and oxygen atoms in total. The number of aliphatic imine (C=N–C) groups is 1. The van der Waals surface area contributed by atoms with Gasteiger partial charge in [-0.15, -0.1) is 11.3 Å². The number of anilines is 1. The Kier molecular flexibility index (Phi) is 6.99. The van der Waals surface area contributed by atoms with E-state index in [0.29, 0.717) is 6.04 Å². The maximum Gasteiger partial charge on any atom is 0.191 e. The average molecular weight is 364 g/mol. The third kappa shape index (κ3) is 5.61. The van der Waals surface area contributed by atoms with Crippen molar-refractivity contribution in [1.29, 1.82) is 0 Å². The molecule has 0 amide bonds. The third-order valence-electron chi connectivity index (χ3n) is 5.56. The molecule has 0 aromatic carbocycles. The van der Waals surface area contributed by atoms with E-state index in [-0.39, 0.29) is 0 Å². The van der Waals surface area contributed by atoms with Gasteiger partial charge in [-0.25, -0.2) is 0 Å². The summed E-state index contributed by atoms with van der Waals surface area (Å²) >= 11 is 1.84. The summed E-state index contributed by atoms with van der Waals surface area (Å²) in [5.74, 6) is 1.85. The molecule has 0 aliphatic carbocycles. The van der Waals surface area contributed by atoms with Gasteiger partial charge in [0.2, 0.25) is 0 Å². The standard InChI is InChI=1S/C19H33N5S/c1-20-19(21-10-5-16-6-11-23(2)12-7-16)22-17-8-13-24(14-9-17)18-4-3-15-25-18/h3-4,15-17H,5-14H2,1-2H3,(H2,20,21,22). The van der Waals surface area contributed by atoms with Crippen molar-refractivity contribution in [1.82, 2.24) is 15.5 Å². The molecule has 0 unspecified atom stereocenters. The number of hydrogen-bond acceptors (Lipinski definition) is 4. The Bertz CT molecular complexity index is 514. The molecule has 2 saturated heterocycles. The molecule has 1 aromatic rings. The minimum Gasteiger partial charge on any atom is -0.363 e. The molecule has 2 N–H and O–H groups in total. The molecule has 1 aromatic heterocycles. The highest BCUT2D eigenvalue weighted by Crippen LogP contribution is 2.24. The van der Waals surface area contributed by atoms with Crippen molar-refractivity contribution < 1.29 is 0 Å². The van der Waals surface area contributed by atoms with Crippen LogP contribution in [-0.4, -0.2) is 63.7 Å². The quantitative estimate of drug-likeness (QED) is 0.623. The molecule has 0 bridgehead atoms. The van der Waals surface area contributed by atoms with Crippen molar-refractivity contribution in [2.75, 3.05) is 51.7 Å². The number of guanidine groups is 1. The maximum absolute atomic E-state index is 4.42. The van der Waals surface area contributed by atoms with Crippen LogP contribution < -0.4 is 15.5 Å². The van der Waals surface area contributed by atoms with Crippen LogP contribution in [0.4, 0.5) is 5.00 Å². The minimum atomic E-state index is 0.533. The summed E-state index contributed by atoms with van der Waals surface area (Å²) in [6.07, 6.45) is 6.28. The number of nitrogens with one attached hydrogen (secondary N) is 2. The topological polar surface area (TPSA) is 42.9 Å². The van der Waals surface area contributed by atoms with E-state index in [2.05, 4.69) is 50.0 Å². The number of likely N-dealkylation sites (tertiary alicyclic amines) is 1. The molecule has 0 spiro atoms. The van der Waals surface area contributed by atoms with Gasteiger partial charge in [0, 0.05) is 32.7 Å². The van der Waals surface area contributed by atoms with Crippen molar-refractivity contribution in [3.05, 3.63) is 17.5 Å². The third-order valence-corrected chi connectivity index (χ3v) is 6.49. The molecule has 0 radical (unpaired) electrons. The van der Waals surface area contributed by atoms with Crippen molar-refractivity contribution in [3.63, 3.8) is 0 Å². The Morgan fingerprint density at radius 1 is 1.20 bits per heavy atom. The van der Waals surface area contributed by atoms with Gasteiger partial charge in [-0.05, 0) is 75.7 Å². The van der Waals surface area contributed by atoms with Crippen LogP contribution in [0.2, 0.25) is 0 Å². The van der Waals surface area contributed by atoms with Gasteiger partial charge < -0.3 is 20.4 Å². The zero-order chi connectivity index (χ0) is 17.5. The van der Waals surface area contributed by atoms with Crippen molar-refractivity contribution >= 4 is 22.3 Å². The molecule has 140 valence electrons. The van der Waals surface area contributed by atoms with E-state index < -0.39 is 0 Å². The predicted octanol–water partition coefficient (Wildman–Crippen LogP) is 2.61. The van der Waals surface area contributed by atoms with Crippen LogP contribution in [0.15, 0.2) is 22.5 Å². The average Bonchev–Trinajstić information content (AvgIpc) is 3.18. The number of hydrogen-bond donors (Lipinski definition) is 2. The van der Waals surface area contributed by atoms with Crippen LogP contribution in [0.5, 0.6) is 0 Å². The summed E-state index contributed by atoms with van der Waals surface area (Å²) in [6.45, 7) is 5.79. The lowest BCUT2D eigenvalue weighted by atomic mass is 9.94. The molecule has 25 heavy (non-hydrogen) atoms. The van der Waals surface area contributed by atoms with E-state index in [1.54, 1.807) is 0 Å². The zero-order valence-corrected chi connectivity index (χ0v) is 16.5. The summed E-state index contributed by atoms with van der Waals surface area (Å²) < 4.78 is 0. The molecule has 3 rings (SSSR count). The Labute approximate surface area is 156 Å². The molecule has 2 aliphatic heterocycles. The molecule has 0 saturated carbocycles. The second-order valence-corrected chi connectivity index (χ2v) is 8.32. The van der Waals surface area contributed by atoms with Gasteiger partial charge in [0.1, 0.15) is 0 Å². The van der Waals surface area contributed by atoms with Crippen LogP contribution in [0.1, 0.15) is 32.1 Å². The molecular weight excluding hydrogens is 330 g/mol. The highest BCUT2D eigenvalue weighted by atomic mass is 32.1. The molecule has 2 fully saturated rings. The second-order valence-electron chi connectivity index (χ2n) is 7.39. The maximum atomic E-state index is 4.42. The van der Waals surface area contributed by atoms with E-state index in [4.69, 9.17) is 0 Å². The Morgan fingerprint density at radius 3 is 2.60 bits per heavy atom. The number of nitrogens with zero attached hydrogens (tertiary/aromatic N) is 3. The summed E-state index contributed by atoms with van der Waals surface area (Å²) in [5.41, 5.74) is 0. The first-order valence-corrected chi connectivity index (χ1v) is 10.6. The number of piperidine rings is 2. The number of rotatable bonds is 5. The van der Waals surface area contributed by atoms with E-state index >= 15 is 0 Å². The van der Waals surface area contributed by atoms with Crippen molar-refractivity contribution in [2.24, 2.45) is 10.9 Å².